The molecule has 1 unspecified atom stereocenters. The lowest BCUT2D eigenvalue weighted by Crippen LogP contribution is -2.57. The van der Waals surface area contributed by atoms with Crippen LogP contribution >= 0.6 is 27.5 Å². The van der Waals surface area contributed by atoms with Gasteiger partial charge in [-0.15, -0.1) is 13.2 Å². The van der Waals surface area contributed by atoms with Crippen molar-refractivity contribution in [2.75, 3.05) is 31.1 Å². The number of unbranched alkanes of at least 4 members (excludes halogenated alkanes) is 2. The molecular weight excluding hydrogens is 714 g/mol. The number of aliphatic hydroxyl groups is 1. The van der Waals surface area contributed by atoms with Crippen LogP contribution in [0, 0.1) is 11.8 Å². The summed E-state index contributed by atoms with van der Waals surface area (Å²) in [4.78, 5) is 58.7. The van der Waals surface area contributed by atoms with E-state index in [-0.39, 0.29) is 55.2 Å². The molecule has 0 aliphatic carbocycles. The molecule has 3 heterocycles. The Morgan fingerprint density at radius 1 is 1.12 bits per heavy atom. The van der Waals surface area contributed by atoms with Crippen molar-refractivity contribution in [1.82, 2.24) is 10.2 Å². The predicted octanol–water partition coefficient (Wildman–Crippen LogP) is 5.14. The van der Waals surface area contributed by atoms with Crippen LogP contribution in [0.15, 0.2) is 79.9 Å². The van der Waals surface area contributed by atoms with Crippen molar-refractivity contribution in [3.05, 3.63) is 90.5 Å². The van der Waals surface area contributed by atoms with E-state index in [1.165, 1.54) is 4.90 Å². The number of benzene rings is 2. The molecule has 3 fully saturated rings. The predicted molar refractivity (Wildman–Crippen MR) is 190 cm³/mol. The number of aliphatic hydroxyl groups excluding tert-OH is 1. The average Bonchev–Trinajstić information content (AvgIpc) is 3.70. The fourth-order valence-electron chi connectivity index (χ4n) is 7.39. The fraction of sp³-hybridized carbons (Fsp3) is 0.459. The number of para-hydroxylation sites is 1. The van der Waals surface area contributed by atoms with E-state index in [2.05, 4.69) is 34.4 Å². The molecule has 5 rings (SSSR count). The van der Waals surface area contributed by atoms with Crippen LogP contribution in [0.2, 0.25) is 5.02 Å². The molecule has 49 heavy (non-hydrogen) atoms. The molecule has 2 N–H and O–H groups in total. The summed E-state index contributed by atoms with van der Waals surface area (Å²) in [5.74, 6) is -3.54. The zero-order chi connectivity index (χ0) is 35.1. The highest BCUT2D eigenvalue weighted by Gasteiger charge is 2.77. The lowest BCUT2D eigenvalue weighted by atomic mass is 9.70. The molecule has 1 spiro atoms. The van der Waals surface area contributed by atoms with Gasteiger partial charge in [-0.2, -0.15) is 0 Å². The summed E-state index contributed by atoms with van der Waals surface area (Å²) in [7, 11) is 0. The first-order valence-corrected chi connectivity index (χ1v) is 18.0. The van der Waals surface area contributed by atoms with E-state index >= 15 is 0 Å². The third-order valence-electron chi connectivity index (χ3n) is 9.56. The van der Waals surface area contributed by atoms with Gasteiger partial charge in [0.2, 0.25) is 11.8 Å². The van der Waals surface area contributed by atoms with Crippen molar-refractivity contribution in [2.45, 2.75) is 67.2 Å². The summed E-state index contributed by atoms with van der Waals surface area (Å²) in [6.45, 7) is 7.94. The maximum atomic E-state index is 14.8. The zero-order valence-electron chi connectivity index (χ0n) is 27.3. The number of fused-ring (bicyclic) bond motifs is 1. The number of esters is 1. The Labute approximate surface area is 300 Å². The van der Waals surface area contributed by atoms with Crippen LogP contribution < -0.4 is 10.2 Å². The minimum absolute atomic E-state index is 0.0176. The number of carbonyl (C=O) groups is 4. The molecule has 2 bridgehead atoms. The van der Waals surface area contributed by atoms with E-state index in [0.29, 0.717) is 48.4 Å². The number of allylic oxidation sites excluding steroid dienone is 1. The van der Waals surface area contributed by atoms with Crippen molar-refractivity contribution in [3.8, 4) is 0 Å². The van der Waals surface area contributed by atoms with E-state index in [4.69, 9.17) is 21.1 Å². The number of likely N-dealkylation sites (tertiary alicyclic amines) is 1. The van der Waals surface area contributed by atoms with E-state index in [1.54, 1.807) is 41.3 Å². The van der Waals surface area contributed by atoms with Crippen LogP contribution in [-0.2, 0) is 28.7 Å². The number of hydrogen-bond donors (Lipinski definition) is 2. The van der Waals surface area contributed by atoms with Gasteiger partial charge in [0.25, 0.3) is 5.91 Å². The molecule has 3 amide bonds. The summed E-state index contributed by atoms with van der Waals surface area (Å²) >= 11 is 10.3. The summed E-state index contributed by atoms with van der Waals surface area (Å²) in [6, 6.07) is 15.0. The number of hydrogen-bond acceptors (Lipinski definition) is 7. The Hall–Kier alpha value is -3.51. The van der Waals surface area contributed by atoms with Gasteiger partial charge in [-0.25, -0.2) is 0 Å². The molecule has 0 saturated carbocycles. The molecule has 262 valence electrons. The quantitative estimate of drug-likeness (QED) is 0.0993. The Balaban J connectivity index is 1.48. The molecule has 12 heteroatoms. The largest absolute Gasteiger partial charge is 0.455 e. The molecular formula is C37H43BrClN3O7. The first-order chi connectivity index (χ1) is 23.7. The molecule has 3 aliphatic rings. The molecule has 0 aromatic heterocycles. The van der Waals surface area contributed by atoms with Gasteiger partial charge >= 0.3 is 5.97 Å². The van der Waals surface area contributed by atoms with E-state index in [1.807, 2.05) is 30.3 Å². The van der Waals surface area contributed by atoms with Crippen molar-refractivity contribution >= 4 is 56.9 Å². The normalized spacial score (nSPS) is 25.8. The lowest BCUT2D eigenvalue weighted by Gasteiger charge is -2.37. The number of carbonyl (C=O) groups excluding carboxylic acids is 4. The maximum Gasteiger partial charge on any atom is 0.313 e. The minimum atomic E-state index is -1.31. The zero-order valence-corrected chi connectivity index (χ0v) is 29.7. The van der Waals surface area contributed by atoms with Crippen LogP contribution in [0.5, 0.6) is 0 Å². The topological polar surface area (TPSA) is 125 Å². The van der Waals surface area contributed by atoms with E-state index in [0.717, 1.165) is 0 Å². The van der Waals surface area contributed by atoms with Crippen molar-refractivity contribution in [3.63, 3.8) is 0 Å². The third-order valence-corrected chi connectivity index (χ3v) is 10.7. The van der Waals surface area contributed by atoms with Gasteiger partial charge in [-0.05, 0) is 49.8 Å². The van der Waals surface area contributed by atoms with E-state index in [9.17, 15) is 24.3 Å². The second-order valence-corrected chi connectivity index (χ2v) is 14.2. The van der Waals surface area contributed by atoms with Crippen molar-refractivity contribution < 1.29 is 33.8 Å². The highest BCUT2D eigenvalue weighted by Crippen LogP contribution is 2.60. The van der Waals surface area contributed by atoms with Gasteiger partial charge < -0.3 is 29.7 Å². The highest BCUT2D eigenvalue weighted by molar-refractivity contribution is 9.09. The third kappa shape index (κ3) is 7.50. The number of ether oxygens (including phenoxy) is 2. The van der Waals surface area contributed by atoms with Crippen LogP contribution in [0.4, 0.5) is 5.69 Å². The monoisotopic (exact) mass is 755 g/mol. The fourth-order valence-corrected chi connectivity index (χ4v) is 8.57. The van der Waals surface area contributed by atoms with Crippen molar-refractivity contribution in [1.29, 1.82) is 0 Å². The summed E-state index contributed by atoms with van der Waals surface area (Å²) in [6.07, 6.45) is 4.55. The number of anilines is 1. The molecule has 3 saturated heterocycles. The van der Waals surface area contributed by atoms with Crippen LogP contribution in [0.1, 0.15) is 50.2 Å². The van der Waals surface area contributed by atoms with Gasteiger partial charge in [-0.3, -0.25) is 19.2 Å². The van der Waals surface area contributed by atoms with E-state index < -0.39 is 41.7 Å². The number of nitrogens with zero attached hydrogens (tertiary/aromatic N) is 2. The lowest BCUT2D eigenvalue weighted by molar-refractivity contribution is -0.160. The summed E-state index contributed by atoms with van der Waals surface area (Å²) in [5, 5.41) is 12.6. The first-order valence-electron chi connectivity index (χ1n) is 16.7. The summed E-state index contributed by atoms with van der Waals surface area (Å²) < 4.78 is 12.8. The number of halogens is 2. The second-order valence-electron chi connectivity index (χ2n) is 12.6. The van der Waals surface area contributed by atoms with Crippen LogP contribution in [0.3, 0.4) is 0 Å². The Morgan fingerprint density at radius 2 is 1.86 bits per heavy atom. The number of rotatable bonds is 17. The highest BCUT2D eigenvalue weighted by atomic mass is 79.9. The van der Waals surface area contributed by atoms with Gasteiger partial charge in [0.05, 0.1) is 35.2 Å². The standard InChI is InChI=1S/C37H43BrClN3O7/c1-3-5-18-29(44)40-23-28(24-14-8-6-9-15-24)48-36(47)30-31-34(45)42(20-12-7-13-21-43)33(37(31)22-25(38)32(30)49-37)35(46)41(19-4-2)27-17-11-10-16-26(27)39/h3-4,6,8-11,14-17,25,28,30-33,43H,1-2,5,7,12-13,18-23H2,(H,40,44)/t25?,28-,30+,31-,32+,33+,37-/m0/s1. The number of alkyl halides is 1. The Kier molecular flexibility index (Phi) is 12.4. The van der Waals surface area contributed by atoms with Gasteiger partial charge in [0.1, 0.15) is 17.7 Å². The van der Waals surface area contributed by atoms with Crippen molar-refractivity contribution in [2.24, 2.45) is 11.8 Å². The smallest absolute Gasteiger partial charge is 0.313 e. The molecule has 2 aromatic rings. The Bertz CT molecular complexity index is 1540. The first kappa shape index (κ1) is 36.8. The number of amides is 3. The van der Waals surface area contributed by atoms with Gasteiger partial charge in [0.15, 0.2) is 0 Å². The van der Waals surface area contributed by atoms with Crippen LogP contribution in [-0.4, -0.2) is 82.5 Å². The molecule has 0 radical (unpaired) electrons. The molecule has 10 nitrogen and oxygen atoms in total. The van der Waals surface area contributed by atoms with Gasteiger partial charge in [-0.1, -0.05) is 82.1 Å². The minimum Gasteiger partial charge on any atom is -0.455 e. The molecule has 3 aliphatic heterocycles. The summed E-state index contributed by atoms with van der Waals surface area (Å²) in [5.41, 5.74) is -0.151. The Morgan fingerprint density at radius 3 is 2.55 bits per heavy atom. The van der Waals surface area contributed by atoms with Crippen LogP contribution in [0.25, 0.3) is 0 Å². The molecule has 2 aromatic carbocycles. The average molecular weight is 757 g/mol. The second kappa shape index (κ2) is 16.5. The maximum absolute atomic E-state index is 14.8. The van der Waals surface area contributed by atoms with Gasteiger partial charge in [0, 0.05) is 30.9 Å². The SMILES string of the molecule is C=CCCC(=O)NC[C@H](OC(=O)[C@H]1[C@@H]2O[C@@]3(CC2Br)[C@@H]1C(=O)N(CCCCCO)[C@@H]3C(=O)N(CC=C)c1ccccc1Cl)c1ccccc1. The number of nitrogens with one attached hydrogen (secondary N) is 1. The molecule has 7 atom stereocenters.